The lowest BCUT2D eigenvalue weighted by atomic mass is 9.97. The minimum absolute atomic E-state index is 0. The highest BCUT2D eigenvalue weighted by atomic mass is 35.5. The van der Waals surface area contributed by atoms with Crippen molar-refractivity contribution in [2.24, 2.45) is 5.92 Å². The van der Waals surface area contributed by atoms with Gasteiger partial charge in [0.25, 0.3) is 5.91 Å². The average Bonchev–Trinajstić information content (AvgIpc) is 3.05. The van der Waals surface area contributed by atoms with Crippen LogP contribution in [0.25, 0.3) is 0 Å². The van der Waals surface area contributed by atoms with Gasteiger partial charge in [0.1, 0.15) is 10.8 Å². The molecule has 2 aromatic rings. The molecule has 1 fully saturated rings. The molecule has 27 heavy (non-hydrogen) atoms. The summed E-state index contributed by atoms with van der Waals surface area (Å²) in [5.41, 5.74) is 1.54. The van der Waals surface area contributed by atoms with Gasteiger partial charge < -0.3 is 14.7 Å². The molecule has 0 radical (unpaired) electrons. The van der Waals surface area contributed by atoms with E-state index in [1.54, 1.807) is 6.20 Å². The van der Waals surface area contributed by atoms with Crippen molar-refractivity contribution < 1.29 is 9.32 Å². The Morgan fingerprint density at radius 1 is 1.44 bits per heavy atom. The predicted molar refractivity (Wildman–Crippen MR) is 112 cm³/mol. The molecular formula is C18H26Cl2N4O2S. The van der Waals surface area contributed by atoms with Gasteiger partial charge in [-0.1, -0.05) is 16.9 Å². The predicted octanol–water partition coefficient (Wildman–Crippen LogP) is 3.59. The van der Waals surface area contributed by atoms with Gasteiger partial charge >= 0.3 is 0 Å². The Bertz CT molecular complexity index is 727. The fraction of sp³-hybridized carbons (Fsp3) is 0.500. The molecule has 150 valence electrons. The molecule has 2 aromatic heterocycles. The summed E-state index contributed by atoms with van der Waals surface area (Å²) in [6, 6.07) is 5.60. The highest BCUT2D eigenvalue weighted by Gasteiger charge is 2.26. The van der Waals surface area contributed by atoms with E-state index < -0.39 is 0 Å². The zero-order valence-electron chi connectivity index (χ0n) is 15.5. The van der Waals surface area contributed by atoms with Gasteiger partial charge in [0.2, 0.25) is 0 Å². The number of pyridine rings is 1. The number of thioether (sulfide) groups is 1. The number of hydrogen-bond acceptors (Lipinski definition) is 6. The van der Waals surface area contributed by atoms with Crippen LogP contribution in [0, 0.1) is 12.8 Å². The molecular weight excluding hydrogens is 407 g/mol. The summed E-state index contributed by atoms with van der Waals surface area (Å²) in [7, 11) is 1.96. The van der Waals surface area contributed by atoms with Crippen LogP contribution >= 0.6 is 36.6 Å². The summed E-state index contributed by atoms with van der Waals surface area (Å²) >= 11 is 1.52. The second kappa shape index (κ2) is 11.5. The van der Waals surface area contributed by atoms with E-state index >= 15 is 0 Å². The van der Waals surface area contributed by atoms with Crippen LogP contribution in [0.5, 0.6) is 0 Å². The number of carbonyl (C=O) groups excluding carboxylic acids is 1. The van der Waals surface area contributed by atoms with Crippen LogP contribution in [0.15, 0.2) is 33.9 Å². The number of hydrogen-bond donors (Lipinski definition) is 1. The molecule has 9 heteroatoms. The third kappa shape index (κ3) is 6.38. The van der Waals surface area contributed by atoms with Crippen molar-refractivity contribution >= 4 is 42.5 Å². The Morgan fingerprint density at radius 3 is 2.96 bits per heavy atom. The van der Waals surface area contributed by atoms with Gasteiger partial charge in [0.15, 0.2) is 0 Å². The standard InChI is InChI=1S/C18H24N4O2S.2ClH/c1-13-9-15(21-24-13)12-25-17-16(6-3-7-20-17)18(23)22-8-4-5-14(11-22)10-19-2;;/h3,6-7,9,14,19H,4-5,8,10-12H2,1-2H3;2*1H. The molecule has 0 aliphatic carbocycles. The number of aromatic nitrogens is 2. The normalized spacial score (nSPS) is 16.4. The smallest absolute Gasteiger partial charge is 0.256 e. The van der Waals surface area contributed by atoms with Crippen molar-refractivity contribution in [1.82, 2.24) is 20.4 Å². The van der Waals surface area contributed by atoms with Gasteiger partial charge in [0.05, 0.1) is 11.3 Å². The molecule has 0 bridgehead atoms. The summed E-state index contributed by atoms with van der Waals surface area (Å²) in [6.45, 7) is 4.44. The summed E-state index contributed by atoms with van der Waals surface area (Å²) in [4.78, 5) is 19.4. The Hall–Kier alpha value is -1.28. The van der Waals surface area contributed by atoms with Crippen molar-refractivity contribution in [1.29, 1.82) is 0 Å². The quantitative estimate of drug-likeness (QED) is 0.703. The third-order valence-corrected chi connectivity index (χ3v) is 5.37. The summed E-state index contributed by atoms with van der Waals surface area (Å²) in [6.07, 6.45) is 3.96. The second-order valence-corrected chi connectivity index (χ2v) is 7.35. The van der Waals surface area contributed by atoms with Gasteiger partial charge in [-0.2, -0.15) is 0 Å². The first kappa shape index (κ1) is 23.8. The first-order valence-electron chi connectivity index (χ1n) is 8.61. The summed E-state index contributed by atoms with van der Waals surface area (Å²) in [5.74, 6) is 2.02. The largest absolute Gasteiger partial charge is 0.361 e. The fourth-order valence-electron chi connectivity index (χ4n) is 3.17. The van der Waals surface area contributed by atoms with E-state index in [0.29, 0.717) is 17.2 Å². The van der Waals surface area contributed by atoms with Crippen molar-refractivity contribution in [2.45, 2.75) is 30.5 Å². The monoisotopic (exact) mass is 432 g/mol. The minimum Gasteiger partial charge on any atom is -0.361 e. The second-order valence-electron chi connectivity index (χ2n) is 6.39. The Balaban J connectivity index is 0.00000182. The van der Waals surface area contributed by atoms with Crippen LogP contribution in [0.4, 0.5) is 0 Å². The number of carbonyl (C=O) groups is 1. The molecule has 1 atom stereocenters. The van der Waals surface area contributed by atoms with Crippen molar-refractivity contribution in [3.8, 4) is 0 Å². The molecule has 3 rings (SSSR count). The highest BCUT2D eigenvalue weighted by molar-refractivity contribution is 7.98. The molecule has 0 saturated carbocycles. The zero-order valence-corrected chi connectivity index (χ0v) is 18.0. The number of amides is 1. The zero-order chi connectivity index (χ0) is 17.6. The lowest BCUT2D eigenvalue weighted by Gasteiger charge is -2.33. The molecule has 1 saturated heterocycles. The SMILES string of the molecule is CNCC1CCCN(C(=O)c2cccnc2SCc2cc(C)on2)C1.Cl.Cl. The average molecular weight is 433 g/mol. The van der Waals surface area contributed by atoms with E-state index in [4.69, 9.17) is 4.52 Å². The Kier molecular flexibility index (Phi) is 10.2. The van der Waals surface area contributed by atoms with Gasteiger partial charge in [-0.3, -0.25) is 4.79 Å². The van der Waals surface area contributed by atoms with Crippen molar-refractivity contribution in [3.63, 3.8) is 0 Å². The number of nitrogens with zero attached hydrogens (tertiary/aromatic N) is 3. The van der Waals surface area contributed by atoms with E-state index in [1.807, 2.05) is 37.1 Å². The van der Waals surface area contributed by atoms with E-state index in [9.17, 15) is 4.79 Å². The van der Waals surface area contributed by atoms with Crippen LogP contribution in [0.3, 0.4) is 0 Å². The van der Waals surface area contributed by atoms with Crippen molar-refractivity contribution in [3.05, 3.63) is 41.4 Å². The number of piperidine rings is 1. The maximum Gasteiger partial charge on any atom is 0.256 e. The maximum absolute atomic E-state index is 13.0. The molecule has 1 N–H and O–H groups in total. The highest BCUT2D eigenvalue weighted by Crippen LogP contribution is 2.26. The lowest BCUT2D eigenvalue weighted by molar-refractivity contribution is 0.0670. The molecule has 0 spiro atoms. The molecule has 1 aliphatic heterocycles. The third-order valence-electron chi connectivity index (χ3n) is 4.33. The molecule has 0 aromatic carbocycles. The van der Waals surface area contributed by atoms with Gasteiger partial charge in [-0.25, -0.2) is 4.98 Å². The van der Waals surface area contributed by atoms with Crippen LogP contribution in [-0.4, -0.2) is 47.6 Å². The number of aryl methyl sites for hydroxylation is 1. The van der Waals surface area contributed by atoms with Crippen LogP contribution < -0.4 is 5.32 Å². The summed E-state index contributed by atoms with van der Waals surface area (Å²) in [5, 5.41) is 7.97. The Labute approximate surface area is 176 Å². The van der Waals surface area contributed by atoms with Crippen LogP contribution in [0.2, 0.25) is 0 Å². The number of rotatable bonds is 6. The minimum atomic E-state index is 0. The van der Waals surface area contributed by atoms with E-state index in [-0.39, 0.29) is 30.7 Å². The van der Waals surface area contributed by atoms with Crippen molar-refractivity contribution in [2.75, 3.05) is 26.7 Å². The molecule has 1 amide bonds. The first-order valence-corrected chi connectivity index (χ1v) is 9.60. The van der Waals surface area contributed by atoms with Gasteiger partial charge in [0, 0.05) is 31.1 Å². The molecule has 3 heterocycles. The maximum atomic E-state index is 13.0. The molecule has 1 aliphatic rings. The number of likely N-dealkylation sites (tertiary alicyclic amines) is 1. The number of halogens is 2. The topological polar surface area (TPSA) is 71.3 Å². The number of nitrogens with one attached hydrogen (secondary N) is 1. The van der Waals surface area contributed by atoms with Crippen LogP contribution in [0.1, 0.15) is 34.7 Å². The van der Waals surface area contributed by atoms with E-state index in [2.05, 4.69) is 15.5 Å². The molecule has 1 unspecified atom stereocenters. The summed E-state index contributed by atoms with van der Waals surface area (Å²) < 4.78 is 5.10. The van der Waals surface area contributed by atoms with Gasteiger partial charge in [-0.05, 0) is 51.4 Å². The first-order chi connectivity index (χ1) is 12.2. The fourth-order valence-corrected chi connectivity index (χ4v) is 4.04. The van der Waals surface area contributed by atoms with E-state index in [0.717, 1.165) is 42.5 Å². The Morgan fingerprint density at radius 2 is 2.26 bits per heavy atom. The lowest BCUT2D eigenvalue weighted by Crippen LogP contribution is -2.42. The van der Waals surface area contributed by atoms with E-state index in [1.165, 1.54) is 18.2 Å². The van der Waals surface area contributed by atoms with Crippen LogP contribution in [-0.2, 0) is 5.75 Å². The van der Waals surface area contributed by atoms with Gasteiger partial charge in [-0.15, -0.1) is 24.8 Å². The molecule has 6 nitrogen and oxygen atoms in total.